The summed E-state index contributed by atoms with van der Waals surface area (Å²) >= 11 is 7.92. The van der Waals surface area contributed by atoms with Crippen molar-refractivity contribution < 1.29 is 9.18 Å². The molecule has 4 nitrogen and oxygen atoms in total. The molecule has 0 unspecified atom stereocenters. The molecule has 0 aliphatic heterocycles. The highest BCUT2D eigenvalue weighted by atomic mass is 79.9. The van der Waals surface area contributed by atoms with Crippen LogP contribution in [-0.2, 0) is 4.79 Å². The molecule has 104 valence electrons. The van der Waals surface area contributed by atoms with Crippen molar-refractivity contribution in [2.75, 3.05) is 11.9 Å². The first-order valence-electron chi connectivity index (χ1n) is 5.48. The predicted octanol–water partition coefficient (Wildman–Crippen LogP) is 2.15. The summed E-state index contributed by atoms with van der Waals surface area (Å²) in [5, 5.41) is 2.85. The molecule has 0 radical (unpaired) electrons. The third kappa shape index (κ3) is 3.63. The minimum absolute atomic E-state index is 0.106. The molecule has 0 saturated carbocycles. The summed E-state index contributed by atoms with van der Waals surface area (Å²) in [6.45, 7) is 3.58. The molecule has 0 aromatic heterocycles. The van der Waals surface area contributed by atoms with Crippen LogP contribution in [0.2, 0.25) is 0 Å². The molecule has 1 aromatic carbocycles. The van der Waals surface area contributed by atoms with E-state index in [0.29, 0.717) is 5.56 Å². The van der Waals surface area contributed by atoms with Crippen LogP contribution >= 0.6 is 28.1 Å². The van der Waals surface area contributed by atoms with Gasteiger partial charge in [-0.2, -0.15) is 0 Å². The summed E-state index contributed by atoms with van der Waals surface area (Å²) in [4.78, 5) is 11.3. The van der Waals surface area contributed by atoms with Crippen molar-refractivity contribution in [1.29, 1.82) is 0 Å². The van der Waals surface area contributed by atoms with Gasteiger partial charge in [0.25, 0.3) is 0 Å². The van der Waals surface area contributed by atoms with Crippen LogP contribution in [0.4, 0.5) is 10.1 Å². The van der Waals surface area contributed by atoms with E-state index >= 15 is 0 Å². The number of hydrogen-bond acceptors (Lipinski definition) is 3. The Bertz CT molecular complexity index is 534. The van der Waals surface area contributed by atoms with Crippen LogP contribution in [0.25, 0.3) is 0 Å². The van der Waals surface area contributed by atoms with Gasteiger partial charge >= 0.3 is 0 Å². The molecule has 1 rings (SSSR count). The van der Waals surface area contributed by atoms with E-state index in [2.05, 4.69) is 21.2 Å². The SMILES string of the molecule is CC(C)(CNc1ccc(C(N)=S)c(Br)c1F)C(N)=O. The van der Waals surface area contributed by atoms with Gasteiger partial charge in [-0.15, -0.1) is 0 Å². The van der Waals surface area contributed by atoms with Gasteiger partial charge in [-0.1, -0.05) is 12.2 Å². The van der Waals surface area contributed by atoms with Crippen LogP contribution in [0, 0.1) is 11.2 Å². The molecule has 0 aliphatic rings. The number of thiocarbonyl (C=S) groups is 1. The van der Waals surface area contributed by atoms with Crippen LogP contribution in [0.3, 0.4) is 0 Å². The summed E-state index contributed by atoms with van der Waals surface area (Å²) < 4.78 is 14.3. The highest BCUT2D eigenvalue weighted by Crippen LogP contribution is 2.28. The molecule has 0 spiro atoms. The van der Waals surface area contributed by atoms with E-state index in [0.717, 1.165) is 0 Å². The monoisotopic (exact) mass is 347 g/mol. The van der Waals surface area contributed by atoms with Crippen molar-refractivity contribution in [2.24, 2.45) is 16.9 Å². The number of carbonyl (C=O) groups is 1. The normalized spacial score (nSPS) is 11.2. The molecule has 7 heteroatoms. The molecule has 19 heavy (non-hydrogen) atoms. The zero-order valence-corrected chi connectivity index (χ0v) is 13.0. The van der Waals surface area contributed by atoms with E-state index < -0.39 is 17.1 Å². The average molecular weight is 348 g/mol. The quantitative estimate of drug-likeness (QED) is 0.713. The molecular weight excluding hydrogens is 333 g/mol. The number of primary amides is 1. The lowest BCUT2D eigenvalue weighted by Gasteiger charge is -2.22. The number of halogens is 2. The Balaban J connectivity index is 2.96. The van der Waals surface area contributed by atoms with E-state index in [1.807, 2.05) is 0 Å². The minimum atomic E-state index is -0.777. The van der Waals surface area contributed by atoms with Gasteiger partial charge in [0.2, 0.25) is 5.91 Å². The highest BCUT2D eigenvalue weighted by molar-refractivity contribution is 9.10. The lowest BCUT2D eigenvalue weighted by molar-refractivity contribution is -0.125. The van der Waals surface area contributed by atoms with E-state index in [-0.39, 0.29) is 21.7 Å². The first kappa shape index (κ1) is 15.8. The fourth-order valence-electron chi connectivity index (χ4n) is 1.28. The van der Waals surface area contributed by atoms with Gasteiger partial charge < -0.3 is 16.8 Å². The number of rotatable bonds is 5. The fourth-order valence-corrected chi connectivity index (χ4v) is 2.14. The zero-order valence-electron chi connectivity index (χ0n) is 10.6. The third-order valence-corrected chi connectivity index (χ3v) is 3.73. The molecule has 5 N–H and O–H groups in total. The topological polar surface area (TPSA) is 81.1 Å². The van der Waals surface area contributed by atoms with Crippen molar-refractivity contribution in [3.05, 3.63) is 28.0 Å². The number of amides is 1. The largest absolute Gasteiger partial charge is 0.389 e. The maximum Gasteiger partial charge on any atom is 0.224 e. The second-order valence-electron chi connectivity index (χ2n) is 4.75. The summed E-state index contributed by atoms with van der Waals surface area (Å²) in [5.41, 5.74) is 10.6. The van der Waals surface area contributed by atoms with Gasteiger partial charge in [0.1, 0.15) is 4.99 Å². The van der Waals surface area contributed by atoms with Crippen LogP contribution in [0.1, 0.15) is 19.4 Å². The molecular formula is C12H15BrFN3OS. The van der Waals surface area contributed by atoms with Gasteiger partial charge in [-0.25, -0.2) is 4.39 Å². The van der Waals surface area contributed by atoms with Crippen molar-refractivity contribution >= 4 is 44.7 Å². The van der Waals surface area contributed by atoms with Gasteiger partial charge in [0.15, 0.2) is 5.82 Å². The Morgan fingerprint density at radius 2 is 2.05 bits per heavy atom. The van der Waals surface area contributed by atoms with Gasteiger partial charge in [0.05, 0.1) is 15.6 Å². The standard InChI is InChI=1S/C12H15BrFN3OS/c1-12(2,11(16)18)5-17-7-4-3-6(10(15)19)8(13)9(7)14/h3-4,17H,5H2,1-2H3,(H2,15,19)(H2,16,18). The van der Waals surface area contributed by atoms with Gasteiger partial charge in [-0.05, 0) is 41.9 Å². The predicted molar refractivity (Wildman–Crippen MR) is 81.5 cm³/mol. The number of anilines is 1. The molecule has 0 heterocycles. The number of hydrogen-bond donors (Lipinski definition) is 3. The highest BCUT2D eigenvalue weighted by Gasteiger charge is 2.25. The average Bonchev–Trinajstić information content (AvgIpc) is 2.30. The van der Waals surface area contributed by atoms with Crippen LogP contribution < -0.4 is 16.8 Å². The first-order valence-corrected chi connectivity index (χ1v) is 6.68. The molecule has 1 amide bonds. The summed E-state index contributed by atoms with van der Waals surface area (Å²) in [7, 11) is 0. The zero-order chi connectivity index (χ0) is 14.8. The van der Waals surface area contributed by atoms with Crippen LogP contribution in [-0.4, -0.2) is 17.4 Å². The molecule has 0 bridgehead atoms. The van der Waals surface area contributed by atoms with Gasteiger partial charge in [0, 0.05) is 12.1 Å². The molecule has 0 fully saturated rings. The second-order valence-corrected chi connectivity index (χ2v) is 5.99. The number of nitrogens with one attached hydrogen (secondary N) is 1. The molecule has 0 atom stereocenters. The Labute approximate surface area is 124 Å². The Morgan fingerprint density at radius 3 is 2.53 bits per heavy atom. The maximum absolute atomic E-state index is 14.1. The number of carbonyl (C=O) groups excluding carboxylic acids is 1. The molecule has 0 aliphatic carbocycles. The first-order chi connectivity index (χ1) is 8.66. The molecule has 0 saturated heterocycles. The molecule has 1 aromatic rings. The second kappa shape index (κ2) is 5.83. The van der Waals surface area contributed by atoms with Crippen molar-refractivity contribution in [2.45, 2.75) is 13.8 Å². The van der Waals surface area contributed by atoms with Crippen LogP contribution in [0.15, 0.2) is 16.6 Å². The number of benzene rings is 1. The minimum Gasteiger partial charge on any atom is -0.389 e. The Morgan fingerprint density at radius 1 is 1.47 bits per heavy atom. The van der Waals surface area contributed by atoms with E-state index in [9.17, 15) is 9.18 Å². The van der Waals surface area contributed by atoms with E-state index in [4.69, 9.17) is 23.7 Å². The maximum atomic E-state index is 14.1. The van der Waals surface area contributed by atoms with Gasteiger partial charge in [-0.3, -0.25) is 4.79 Å². The lowest BCUT2D eigenvalue weighted by atomic mass is 9.92. The Hall–Kier alpha value is -1.21. The lowest BCUT2D eigenvalue weighted by Crippen LogP contribution is -2.37. The Kier molecular flexibility index (Phi) is 4.86. The smallest absolute Gasteiger partial charge is 0.224 e. The number of nitrogens with two attached hydrogens (primary N) is 2. The van der Waals surface area contributed by atoms with E-state index in [1.165, 1.54) is 6.07 Å². The summed E-state index contributed by atoms with van der Waals surface area (Å²) in [6.07, 6.45) is 0. The van der Waals surface area contributed by atoms with Crippen LogP contribution in [0.5, 0.6) is 0 Å². The van der Waals surface area contributed by atoms with Crippen molar-refractivity contribution in [3.63, 3.8) is 0 Å². The summed E-state index contributed by atoms with van der Waals surface area (Å²) in [5.74, 6) is -0.968. The van der Waals surface area contributed by atoms with Crippen molar-refractivity contribution in [1.82, 2.24) is 0 Å². The summed E-state index contributed by atoms with van der Waals surface area (Å²) in [6, 6.07) is 3.13. The fraction of sp³-hybridized carbons (Fsp3) is 0.333. The van der Waals surface area contributed by atoms with Crippen molar-refractivity contribution in [3.8, 4) is 0 Å². The third-order valence-electron chi connectivity index (χ3n) is 2.74. The van der Waals surface area contributed by atoms with E-state index in [1.54, 1.807) is 19.9 Å².